The van der Waals surface area contributed by atoms with Gasteiger partial charge < -0.3 is 19.5 Å². The van der Waals surface area contributed by atoms with Crippen LogP contribution in [0.5, 0.6) is 0 Å². The van der Waals surface area contributed by atoms with Crippen LogP contribution >= 0.6 is 0 Å². The number of carbonyl (C=O) groups is 2. The number of nitrogens with one attached hydrogen (secondary N) is 1. The van der Waals surface area contributed by atoms with Crippen molar-refractivity contribution < 1.29 is 14.0 Å². The van der Waals surface area contributed by atoms with E-state index in [4.69, 9.17) is 4.42 Å². The van der Waals surface area contributed by atoms with Crippen LogP contribution in [-0.2, 0) is 17.9 Å². The molecule has 2 amide bonds. The molecule has 3 aromatic rings. The van der Waals surface area contributed by atoms with E-state index in [0.717, 1.165) is 43.1 Å². The molecular formula is C27H31N5O3. The van der Waals surface area contributed by atoms with Crippen molar-refractivity contribution in [2.45, 2.75) is 32.0 Å². The third-order valence-electron chi connectivity index (χ3n) is 6.46. The molecule has 1 aromatic carbocycles. The topological polar surface area (TPSA) is 81.9 Å². The standard InChI is InChI=1S/C27H31N5O3/c33-26(32-15-13-31(14-16-32)25-5-1-2-12-28-25)20-30(19-24-4-3-17-35-24)18-21-6-8-22(9-7-21)27(34)29-23-10-11-23/h1-9,12,17,23H,10-11,13-16,18-20H2,(H,29,34). The van der Waals surface area contributed by atoms with Gasteiger partial charge in [0.25, 0.3) is 5.91 Å². The number of hydrogen-bond acceptors (Lipinski definition) is 6. The molecule has 0 atom stereocenters. The van der Waals surface area contributed by atoms with Gasteiger partial charge >= 0.3 is 0 Å². The molecule has 0 radical (unpaired) electrons. The Morgan fingerprint density at radius 2 is 1.77 bits per heavy atom. The van der Waals surface area contributed by atoms with Gasteiger partial charge in [0.05, 0.1) is 19.4 Å². The summed E-state index contributed by atoms with van der Waals surface area (Å²) in [4.78, 5) is 36.1. The average molecular weight is 474 g/mol. The van der Waals surface area contributed by atoms with Crippen molar-refractivity contribution in [3.63, 3.8) is 0 Å². The quantitative estimate of drug-likeness (QED) is 0.515. The largest absolute Gasteiger partial charge is 0.468 e. The number of furan rings is 1. The van der Waals surface area contributed by atoms with Gasteiger partial charge in [-0.3, -0.25) is 14.5 Å². The van der Waals surface area contributed by atoms with Crippen molar-refractivity contribution in [3.05, 3.63) is 83.9 Å². The van der Waals surface area contributed by atoms with E-state index in [1.807, 2.05) is 59.5 Å². The third-order valence-corrected chi connectivity index (χ3v) is 6.46. The normalized spacial score (nSPS) is 15.9. The van der Waals surface area contributed by atoms with Crippen LogP contribution in [0.3, 0.4) is 0 Å². The predicted molar refractivity (Wildman–Crippen MR) is 133 cm³/mol. The minimum atomic E-state index is -0.0217. The number of nitrogens with zero attached hydrogens (tertiary/aromatic N) is 4. The van der Waals surface area contributed by atoms with Crippen LogP contribution in [0.15, 0.2) is 71.5 Å². The van der Waals surface area contributed by atoms with Gasteiger partial charge in [-0.1, -0.05) is 18.2 Å². The zero-order chi connectivity index (χ0) is 24.0. The number of hydrogen-bond donors (Lipinski definition) is 1. The highest BCUT2D eigenvalue weighted by Gasteiger charge is 2.25. The van der Waals surface area contributed by atoms with E-state index in [1.54, 1.807) is 12.5 Å². The molecule has 5 rings (SSSR count). The fraction of sp³-hybridized carbons (Fsp3) is 0.370. The second kappa shape index (κ2) is 10.7. The molecule has 8 nitrogen and oxygen atoms in total. The molecule has 3 heterocycles. The van der Waals surface area contributed by atoms with Crippen LogP contribution in [0.4, 0.5) is 5.82 Å². The Hall–Kier alpha value is -3.65. The first-order valence-corrected chi connectivity index (χ1v) is 12.2. The fourth-order valence-corrected chi connectivity index (χ4v) is 4.32. The number of carbonyl (C=O) groups excluding carboxylic acids is 2. The molecule has 1 aliphatic carbocycles. The summed E-state index contributed by atoms with van der Waals surface area (Å²) < 4.78 is 5.55. The maximum atomic E-state index is 13.2. The molecule has 1 aliphatic heterocycles. The zero-order valence-corrected chi connectivity index (χ0v) is 19.8. The zero-order valence-electron chi connectivity index (χ0n) is 19.8. The average Bonchev–Trinajstić information content (AvgIpc) is 3.56. The molecule has 8 heteroatoms. The Kier molecular flexibility index (Phi) is 7.09. The maximum absolute atomic E-state index is 13.2. The first kappa shape index (κ1) is 23.1. The van der Waals surface area contributed by atoms with E-state index in [9.17, 15) is 9.59 Å². The number of pyridine rings is 1. The molecule has 2 fully saturated rings. The van der Waals surface area contributed by atoms with Crippen molar-refractivity contribution in [2.24, 2.45) is 0 Å². The van der Waals surface area contributed by atoms with Crippen molar-refractivity contribution in [1.29, 1.82) is 0 Å². The fourth-order valence-electron chi connectivity index (χ4n) is 4.32. The highest BCUT2D eigenvalue weighted by molar-refractivity contribution is 5.94. The number of anilines is 1. The van der Waals surface area contributed by atoms with Crippen LogP contribution in [0.25, 0.3) is 0 Å². The van der Waals surface area contributed by atoms with Gasteiger partial charge in [-0.15, -0.1) is 0 Å². The van der Waals surface area contributed by atoms with Crippen molar-refractivity contribution in [3.8, 4) is 0 Å². The first-order chi connectivity index (χ1) is 17.1. The first-order valence-electron chi connectivity index (χ1n) is 12.2. The molecule has 1 saturated carbocycles. The maximum Gasteiger partial charge on any atom is 0.251 e. The lowest BCUT2D eigenvalue weighted by Crippen LogP contribution is -2.51. The summed E-state index contributed by atoms with van der Waals surface area (Å²) in [5.41, 5.74) is 1.72. The second-order valence-electron chi connectivity index (χ2n) is 9.22. The van der Waals surface area contributed by atoms with Crippen LogP contribution in [0.2, 0.25) is 0 Å². The van der Waals surface area contributed by atoms with E-state index in [-0.39, 0.29) is 11.8 Å². The molecule has 1 saturated heterocycles. The molecule has 0 unspecified atom stereocenters. The van der Waals surface area contributed by atoms with Gasteiger partial charge in [0.2, 0.25) is 5.91 Å². The van der Waals surface area contributed by atoms with E-state index < -0.39 is 0 Å². The van der Waals surface area contributed by atoms with Crippen LogP contribution < -0.4 is 10.2 Å². The highest BCUT2D eigenvalue weighted by Crippen LogP contribution is 2.20. The second-order valence-corrected chi connectivity index (χ2v) is 9.22. The summed E-state index contributed by atoms with van der Waals surface area (Å²) in [6.07, 6.45) is 5.58. The monoisotopic (exact) mass is 473 g/mol. The van der Waals surface area contributed by atoms with Gasteiger partial charge in [-0.2, -0.15) is 0 Å². The number of piperazine rings is 1. The van der Waals surface area contributed by atoms with Gasteiger partial charge in [0, 0.05) is 50.5 Å². The molecule has 0 spiro atoms. The molecule has 182 valence electrons. The van der Waals surface area contributed by atoms with Gasteiger partial charge in [0.15, 0.2) is 0 Å². The third kappa shape index (κ3) is 6.27. The number of benzene rings is 1. The predicted octanol–water partition coefficient (Wildman–Crippen LogP) is 2.92. The Bertz CT molecular complexity index is 1110. The Morgan fingerprint density at radius 3 is 2.43 bits per heavy atom. The SMILES string of the molecule is O=C(NC1CC1)c1ccc(CN(CC(=O)N2CCN(c3ccccn3)CC2)Cc2ccco2)cc1. The lowest BCUT2D eigenvalue weighted by atomic mass is 10.1. The summed E-state index contributed by atoms with van der Waals surface area (Å²) in [5, 5.41) is 3.02. The number of rotatable bonds is 9. The van der Waals surface area contributed by atoms with E-state index in [2.05, 4.69) is 20.1 Å². The number of aromatic nitrogens is 1. The Balaban J connectivity index is 1.19. The summed E-state index contributed by atoms with van der Waals surface area (Å²) in [7, 11) is 0. The summed E-state index contributed by atoms with van der Waals surface area (Å²) in [6, 6.07) is 17.7. The van der Waals surface area contributed by atoms with Gasteiger partial charge in [-0.25, -0.2) is 4.98 Å². The molecule has 0 bridgehead atoms. The van der Waals surface area contributed by atoms with Gasteiger partial charge in [0.1, 0.15) is 11.6 Å². The van der Waals surface area contributed by atoms with Crippen LogP contribution in [-0.4, -0.2) is 65.4 Å². The Labute approximate surface area is 205 Å². The van der Waals surface area contributed by atoms with Crippen LogP contribution in [0.1, 0.15) is 34.5 Å². The molecular weight excluding hydrogens is 442 g/mol. The molecule has 35 heavy (non-hydrogen) atoms. The smallest absolute Gasteiger partial charge is 0.251 e. The lowest BCUT2D eigenvalue weighted by molar-refractivity contribution is -0.133. The van der Waals surface area contributed by atoms with Crippen molar-refractivity contribution in [1.82, 2.24) is 20.1 Å². The molecule has 2 aliphatic rings. The number of amides is 2. The van der Waals surface area contributed by atoms with Crippen molar-refractivity contribution in [2.75, 3.05) is 37.6 Å². The summed E-state index contributed by atoms with van der Waals surface area (Å²) in [5.74, 6) is 1.86. The van der Waals surface area contributed by atoms with Gasteiger partial charge in [-0.05, 0) is 54.8 Å². The Morgan fingerprint density at radius 1 is 0.971 bits per heavy atom. The van der Waals surface area contributed by atoms with E-state index in [0.29, 0.717) is 44.3 Å². The lowest BCUT2D eigenvalue weighted by Gasteiger charge is -2.36. The molecule has 1 N–H and O–H groups in total. The van der Waals surface area contributed by atoms with E-state index >= 15 is 0 Å². The van der Waals surface area contributed by atoms with E-state index in [1.165, 1.54) is 0 Å². The van der Waals surface area contributed by atoms with Crippen LogP contribution in [0, 0.1) is 0 Å². The summed E-state index contributed by atoms with van der Waals surface area (Å²) >= 11 is 0. The minimum absolute atomic E-state index is 0.0217. The molecule has 2 aromatic heterocycles. The van der Waals surface area contributed by atoms with Crippen molar-refractivity contribution >= 4 is 17.6 Å². The minimum Gasteiger partial charge on any atom is -0.468 e. The summed E-state index contributed by atoms with van der Waals surface area (Å²) in [6.45, 7) is 4.32. The highest BCUT2D eigenvalue weighted by atomic mass is 16.3.